The molecule has 4 rings (SSSR count). The summed E-state index contributed by atoms with van der Waals surface area (Å²) >= 11 is 0. The maximum absolute atomic E-state index is 13.4. The lowest BCUT2D eigenvalue weighted by molar-refractivity contribution is 0.0786. The molecule has 1 fully saturated rings. The summed E-state index contributed by atoms with van der Waals surface area (Å²) in [5, 5.41) is 11.3. The van der Waals surface area contributed by atoms with Crippen molar-refractivity contribution in [2.75, 3.05) is 25.0 Å². The van der Waals surface area contributed by atoms with Gasteiger partial charge in [0.15, 0.2) is 5.75 Å². The van der Waals surface area contributed by atoms with Crippen LogP contribution >= 0.6 is 0 Å². The molecular weight excluding hydrogens is 414 g/mol. The molecule has 0 saturated carbocycles. The minimum absolute atomic E-state index is 0.179. The van der Waals surface area contributed by atoms with Gasteiger partial charge in [0, 0.05) is 37.4 Å². The fourth-order valence-corrected chi connectivity index (χ4v) is 4.60. The molecular formula is C27H31N3O3. The molecule has 1 atom stereocenters. The van der Waals surface area contributed by atoms with E-state index < -0.39 is 11.5 Å². The molecule has 2 aromatic carbocycles. The first-order valence-electron chi connectivity index (χ1n) is 11.6. The van der Waals surface area contributed by atoms with Gasteiger partial charge in [-0.15, -0.1) is 0 Å². The third-order valence-electron chi connectivity index (χ3n) is 6.46. The van der Waals surface area contributed by atoms with E-state index in [4.69, 9.17) is 0 Å². The Morgan fingerprint density at radius 2 is 1.79 bits per heavy atom. The molecule has 1 amide bonds. The first kappa shape index (κ1) is 22.6. The zero-order valence-corrected chi connectivity index (χ0v) is 19.3. The predicted octanol–water partition coefficient (Wildman–Crippen LogP) is 4.82. The molecule has 1 aliphatic heterocycles. The molecule has 3 aromatic rings. The summed E-state index contributed by atoms with van der Waals surface area (Å²) in [4.78, 5) is 32.9. The number of anilines is 2. The Morgan fingerprint density at radius 1 is 1.12 bits per heavy atom. The number of H-pyrrole nitrogens is 1. The normalized spacial score (nSPS) is 15.6. The number of amides is 1. The van der Waals surface area contributed by atoms with Crippen molar-refractivity contribution < 1.29 is 9.90 Å². The smallest absolute Gasteiger partial charge is 0.264 e. The lowest BCUT2D eigenvalue weighted by Crippen LogP contribution is -2.34. The van der Waals surface area contributed by atoms with Gasteiger partial charge in [0.1, 0.15) is 11.3 Å². The maximum Gasteiger partial charge on any atom is 0.264 e. The van der Waals surface area contributed by atoms with Gasteiger partial charge in [0.25, 0.3) is 11.5 Å². The first-order chi connectivity index (χ1) is 16.0. The molecule has 33 heavy (non-hydrogen) atoms. The molecule has 1 saturated heterocycles. The summed E-state index contributed by atoms with van der Waals surface area (Å²) in [7, 11) is 1.84. The lowest BCUT2D eigenvalue weighted by Gasteiger charge is -2.25. The number of hydrogen-bond acceptors (Lipinski definition) is 4. The summed E-state index contributed by atoms with van der Waals surface area (Å²) in [6, 6.07) is 19.7. The van der Waals surface area contributed by atoms with Crippen LogP contribution in [0.3, 0.4) is 0 Å². The highest BCUT2D eigenvalue weighted by atomic mass is 16.3. The number of pyridine rings is 1. The largest absolute Gasteiger partial charge is 0.505 e. The highest BCUT2D eigenvalue weighted by molar-refractivity contribution is 5.99. The molecule has 6 heteroatoms. The molecule has 1 aromatic heterocycles. The number of likely N-dealkylation sites (tertiary alicyclic amines) is 1. The van der Waals surface area contributed by atoms with E-state index in [9.17, 15) is 14.7 Å². The number of aromatic hydroxyl groups is 1. The molecule has 1 aliphatic rings. The quantitative estimate of drug-likeness (QED) is 0.547. The van der Waals surface area contributed by atoms with E-state index in [1.165, 1.54) is 5.56 Å². The van der Waals surface area contributed by atoms with E-state index in [0.29, 0.717) is 30.9 Å². The zero-order valence-electron chi connectivity index (χ0n) is 19.3. The summed E-state index contributed by atoms with van der Waals surface area (Å²) in [5.74, 6) is -0.437. The van der Waals surface area contributed by atoms with Crippen LogP contribution in [-0.2, 0) is 6.42 Å². The van der Waals surface area contributed by atoms with Gasteiger partial charge in [-0.05, 0) is 37.0 Å². The van der Waals surface area contributed by atoms with Crippen LogP contribution in [0.1, 0.15) is 53.7 Å². The standard InChI is InChI=1S/C27H31N3O3/c1-3-4-15-22-24(29(2)21-13-9-6-10-14-21)25(31)23(26(32)28-22)27(33)30-17-16-20(18-30)19-11-7-5-8-12-19/h5-14,20H,3-4,15-18H2,1-2H3,(H2,28,31,32). The van der Waals surface area contributed by atoms with Crippen molar-refractivity contribution in [2.45, 2.75) is 38.5 Å². The Labute approximate surface area is 194 Å². The average Bonchev–Trinajstić information content (AvgIpc) is 3.34. The van der Waals surface area contributed by atoms with Gasteiger partial charge in [0.2, 0.25) is 0 Å². The van der Waals surface area contributed by atoms with Gasteiger partial charge in [0.05, 0.1) is 0 Å². The van der Waals surface area contributed by atoms with Gasteiger partial charge < -0.3 is 19.9 Å². The van der Waals surface area contributed by atoms with Crippen molar-refractivity contribution in [3.63, 3.8) is 0 Å². The van der Waals surface area contributed by atoms with E-state index in [2.05, 4.69) is 24.0 Å². The molecule has 6 nitrogen and oxygen atoms in total. The van der Waals surface area contributed by atoms with Crippen LogP contribution in [0.25, 0.3) is 0 Å². The molecule has 1 unspecified atom stereocenters. The Kier molecular flexibility index (Phi) is 6.82. The van der Waals surface area contributed by atoms with Crippen LogP contribution in [0.2, 0.25) is 0 Å². The van der Waals surface area contributed by atoms with Crippen molar-refractivity contribution >= 4 is 17.3 Å². The van der Waals surface area contributed by atoms with Gasteiger partial charge in [-0.1, -0.05) is 61.9 Å². The molecule has 0 aliphatic carbocycles. The second-order valence-electron chi connectivity index (χ2n) is 8.65. The Morgan fingerprint density at radius 3 is 2.45 bits per heavy atom. The predicted molar refractivity (Wildman–Crippen MR) is 132 cm³/mol. The second-order valence-corrected chi connectivity index (χ2v) is 8.65. The minimum Gasteiger partial charge on any atom is -0.505 e. The third-order valence-corrected chi connectivity index (χ3v) is 6.46. The lowest BCUT2D eigenvalue weighted by atomic mass is 9.99. The summed E-state index contributed by atoms with van der Waals surface area (Å²) in [6.45, 7) is 3.16. The maximum atomic E-state index is 13.4. The fraction of sp³-hybridized carbons (Fsp3) is 0.333. The topological polar surface area (TPSA) is 76.6 Å². The number of para-hydroxylation sites is 1. The number of carbonyl (C=O) groups is 1. The van der Waals surface area contributed by atoms with Crippen molar-refractivity contribution in [1.82, 2.24) is 9.88 Å². The molecule has 0 spiro atoms. The fourth-order valence-electron chi connectivity index (χ4n) is 4.60. The van der Waals surface area contributed by atoms with Gasteiger partial charge >= 0.3 is 0 Å². The number of aromatic amines is 1. The van der Waals surface area contributed by atoms with Crippen molar-refractivity contribution in [3.8, 4) is 5.75 Å². The number of aryl methyl sites for hydroxylation is 1. The second kappa shape index (κ2) is 9.94. The number of carbonyl (C=O) groups excluding carboxylic acids is 1. The van der Waals surface area contributed by atoms with E-state index >= 15 is 0 Å². The van der Waals surface area contributed by atoms with Crippen LogP contribution < -0.4 is 10.5 Å². The highest BCUT2D eigenvalue weighted by Gasteiger charge is 2.33. The Balaban J connectivity index is 1.70. The van der Waals surface area contributed by atoms with E-state index in [0.717, 1.165) is 24.9 Å². The number of unbranched alkanes of at least 4 members (excludes halogenated alkanes) is 1. The average molecular weight is 446 g/mol. The van der Waals surface area contributed by atoms with E-state index in [-0.39, 0.29) is 17.2 Å². The van der Waals surface area contributed by atoms with E-state index in [1.807, 2.05) is 60.5 Å². The summed E-state index contributed by atoms with van der Waals surface area (Å²) in [6.07, 6.45) is 3.26. The van der Waals surface area contributed by atoms with Crippen LogP contribution in [0.5, 0.6) is 5.75 Å². The zero-order chi connectivity index (χ0) is 23.4. The minimum atomic E-state index is -0.531. The van der Waals surface area contributed by atoms with Crippen molar-refractivity contribution in [3.05, 3.63) is 87.8 Å². The van der Waals surface area contributed by atoms with Crippen molar-refractivity contribution in [2.24, 2.45) is 0 Å². The van der Waals surface area contributed by atoms with Crippen LogP contribution in [0, 0.1) is 0 Å². The van der Waals surface area contributed by atoms with Gasteiger partial charge in [-0.3, -0.25) is 9.59 Å². The first-order valence-corrected chi connectivity index (χ1v) is 11.6. The monoisotopic (exact) mass is 445 g/mol. The molecule has 172 valence electrons. The van der Waals surface area contributed by atoms with E-state index in [1.54, 1.807) is 4.90 Å². The number of rotatable bonds is 7. The molecule has 0 bridgehead atoms. The number of nitrogens with one attached hydrogen (secondary N) is 1. The van der Waals surface area contributed by atoms with Crippen LogP contribution in [-0.4, -0.2) is 41.0 Å². The number of hydrogen-bond donors (Lipinski definition) is 2. The number of nitrogens with zero attached hydrogens (tertiary/aromatic N) is 2. The number of benzene rings is 2. The molecule has 0 radical (unpaired) electrons. The highest BCUT2D eigenvalue weighted by Crippen LogP contribution is 2.37. The summed E-state index contributed by atoms with van der Waals surface area (Å²) < 4.78 is 0. The number of aromatic nitrogens is 1. The third kappa shape index (κ3) is 4.65. The van der Waals surface area contributed by atoms with Gasteiger partial charge in [-0.25, -0.2) is 0 Å². The Hall–Kier alpha value is -3.54. The summed E-state index contributed by atoms with van der Waals surface area (Å²) in [5.41, 5.74) is 2.47. The molecule has 2 N–H and O–H groups in total. The van der Waals surface area contributed by atoms with Gasteiger partial charge in [-0.2, -0.15) is 0 Å². The van der Waals surface area contributed by atoms with Crippen LogP contribution in [0.4, 0.5) is 11.4 Å². The van der Waals surface area contributed by atoms with Crippen molar-refractivity contribution in [1.29, 1.82) is 0 Å². The van der Waals surface area contributed by atoms with Crippen LogP contribution in [0.15, 0.2) is 65.5 Å². The SMILES string of the molecule is CCCCc1[nH]c(=O)c(C(=O)N2CCC(c3ccccc3)C2)c(O)c1N(C)c1ccccc1. The molecule has 2 heterocycles. The Bertz CT molecular complexity index is 1160.